The van der Waals surface area contributed by atoms with E-state index in [1.54, 1.807) is 0 Å². The Morgan fingerprint density at radius 3 is 2.43 bits per heavy atom. The molecule has 2 aliphatic rings. The lowest BCUT2D eigenvalue weighted by Crippen LogP contribution is -2.32. The van der Waals surface area contributed by atoms with Gasteiger partial charge in [0.2, 0.25) is 5.91 Å². The molecule has 0 radical (unpaired) electrons. The highest BCUT2D eigenvalue weighted by molar-refractivity contribution is 5.84. The van der Waals surface area contributed by atoms with E-state index in [0.29, 0.717) is 5.92 Å². The first kappa shape index (κ1) is 14.6. The quantitative estimate of drug-likeness (QED) is 0.899. The molecule has 114 valence electrons. The van der Waals surface area contributed by atoms with E-state index in [-0.39, 0.29) is 18.1 Å². The summed E-state index contributed by atoms with van der Waals surface area (Å²) in [4.78, 5) is 14.6. The van der Waals surface area contributed by atoms with Gasteiger partial charge in [-0.25, -0.2) is 0 Å². The Kier molecular flexibility index (Phi) is 4.03. The minimum atomic E-state index is -0.0153. The zero-order chi connectivity index (χ0) is 15.0. The number of hydrogen-bond acceptors (Lipinski definition) is 2. The summed E-state index contributed by atoms with van der Waals surface area (Å²) in [6, 6.07) is 8.73. The molecule has 3 nitrogen and oxygen atoms in total. The fourth-order valence-corrected chi connectivity index (χ4v) is 3.09. The second-order valence-electron chi connectivity index (χ2n) is 6.79. The van der Waals surface area contributed by atoms with Crippen LogP contribution in [0.3, 0.4) is 0 Å². The van der Waals surface area contributed by atoms with Crippen molar-refractivity contribution in [1.29, 1.82) is 0 Å². The normalized spacial score (nSPS) is 25.9. The van der Waals surface area contributed by atoms with Crippen molar-refractivity contribution in [2.45, 2.75) is 58.2 Å². The van der Waals surface area contributed by atoms with Crippen LogP contribution in [-0.4, -0.2) is 23.4 Å². The average Bonchev–Trinajstić information content (AvgIpc) is 3.25. The summed E-state index contributed by atoms with van der Waals surface area (Å²) < 4.78 is 0. The van der Waals surface area contributed by atoms with Crippen molar-refractivity contribution in [3.63, 3.8) is 0 Å². The van der Waals surface area contributed by atoms with E-state index < -0.39 is 0 Å². The van der Waals surface area contributed by atoms with Gasteiger partial charge in [0.1, 0.15) is 6.17 Å². The van der Waals surface area contributed by atoms with E-state index in [0.717, 1.165) is 18.9 Å². The maximum Gasteiger partial charge on any atom is 0.241 e. The van der Waals surface area contributed by atoms with Crippen LogP contribution in [0, 0.1) is 5.92 Å². The van der Waals surface area contributed by atoms with E-state index >= 15 is 0 Å². The molecular formula is C18H26N2O. The number of nitrogens with one attached hydrogen (secondary N) is 1. The summed E-state index contributed by atoms with van der Waals surface area (Å²) in [5.74, 6) is 1.55. The highest BCUT2D eigenvalue weighted by Gasteiger charge is 2.40. The number of amides is 1. The number of hydrogen-bond donors (Lipinski definition) is 1. The topological polar surface area (TPSA) is 32.3 Å². The molecule has 1 aliphatic heterocycles. The maximum absolute atomic E-state index is 12.5. The van der Waals surface area contributed by atoms with Crippen molar-refractivity contribution in [2.24, 2.45) is 5.92 Å². The Bertz CT molecular complexity index is 504. The highest BCUT2D eigenvalue weighted by Crippen LogP contribution is 2.35. The lowest BCUT2D eigenvalue weighted by Gasteiger charge is -2.25. The number of carbonyl (C=O) groups excluding carboxylic acids is 1. The van der Waals surface area contributed by atoms with Crippen LogP contribution in [0.1, 0.15) is 63.2 Å². The zero-order valence-electron chi connectivity index (χ0n) is 13.3. The first-order valence-corrected chi connectivity index (χ1v) is 8.26. The van der Waals surface area contributed by atoms with Crippen molar-refractivity contribution in [3.8, 4) is 0 Å². The van der Waals surface area contributed by atoms with Gasteiger partial charge in [0.25, 0.3) is 0 Å². The summed E-state index contributed by atoms with van der Waals surface area (Å²) in [5.41, 5.74) is 2.56. The van der Waals surface area contributed by atoms with Gasteiger partial charge in [-0.15, -0.1) is 0 Å². The van der Waals surface area contributed by atoms with Crippen molar-refractivity contribution < 1.29 is 4.79 Å². The third-order valence-electron chi connectivity index (χ3n) is 4.73. The van der Waals surface area contributed by atoms with Gasteiger partial charge in [0, 0.05) is 6.54 Å². The summed E-state index contributed by atoms with van der Waals surface area (Å²) in [7, 11) is 0. The molecule has 3 heteroatoms. The van der Waals surface area contributed by atoms with Crippen molar-refractivity contribution in [2.75, 3.05) is 6.54 Å². The molecule has 1 N–H and O–H groups in total. The Hall–Kier alpha value is -1.35. The predicted molar refractivity (Wildman–Crippen MR) is 84.9 cm³/mol. The van der Waals surface area contributed by atoms with Gasteiger partial charge in [-0.05, 0) is 42.2 Å². The van der Waals surface area contributed by atoms with Crippen LogP contribution in [0.5, 0.6) is 0 Å². The standard InChI is InChI=1S/C18H26N2O/c1-4-16-18(21)20(11-13-5-6-13)17(19-16)15-9-7-14(8-10-15)12(2)3/h7-10,12-13,16-17,19H,4-6,11H2,1-3H3. The molecule has 2 unspecified atom stereocenters. The molecule has 2 atom stereocenters. The van der Waals surface area contributed by atoms with E-state index in [4.69, 9.17) is 0 Å². The van der Waals surface area contributed by atoms with Crippen molar-refractivity contribution in [3.05, 3.63) is 35.4 Å². The third kappa shape index (κ3) is 2.98. The fourth-order valence-electron chi connectivity index (χ4n) is 3.09. The first-order chi connectivity index (χ1) is 10.1. The fraction of sp³-hybridized carbons (Fsp3) is 0.611. The number of benzene rings is 1. The Labute approximate surface area is 127 Å². The highest BCUT2D eigenvalue weighted by atomic mass is 16.2. The van der Waals surface area contributed by atoms with Gasteiger partial charge in [-0.3, -0.25) is 10.1 Å². The van der Waals surface area contributed by atoms with Crippen LogP contribution >= 0.6 is 0 Å². The average molecular weight is 286 g/mol. The molecular weight excluding hydrogens is 260 g/mol. The Morgan fingerprint density at radius 2 is 1.90 bits per heavy atom. The molecule has 1 aromatic rings. The maximum atomic E-state index is 12.5. The molecule has 1 amide bonds. The molecule has 3 rings (SSSR count). The van der Waals surface area contributed by atoms with E-state index in [1.807, 2.05) is 0 Å². The van der Waals surface area contributed by atoms with Gasteiger partial charge >= 0.3 is 0 Å². The first-order valence-electron chi connectivity index (χ1n) is 8.26. The molecule has 1 heterocycles. The van der Waals surface area contributed by atoms with Gasteiger partial charge < -0.3 is 4.90 Å². The SMILES string of the molecule is CCC1NC(c2ccc(C(C)C)cc2)N(CC2CC2)C1=O. The molecule has 1 aliphatic carbocycles. The third-order valence-corrected chi connectivity index (χ3v) is 4.73. The van der Waals surface area contributed by atoms with Crippen molar-refractivity contribution in [1.82, 2.24) is 10.2 Å². The minimum Gasteiger partial charge on any atom is -0.321 e. The molecule has 1 saturated heterocycles. The number of nitrogens with zero attached hydrogens (tertiary/aromatic N) is 1. The molecule has 21 heavy (non-hydrogen) atoms. The van der Waals surface area contributed by atoms with E-state index in [1.165, 1.54) is 24.0 Å². The molecule has 0 bridgehead atoms. The van der Waals surface area contributed by atoms with Gasteiger partial charge in [-0.1, -0.05) is 45.0 Å². The van der Waals surface area contributed by atoms with Crippen LogP contribution in [0.15, 0.2) is 24.3 Å². The molecule has 1 saturated carbocycles. The Morgan fingerprint density at radius 1 is 1.24 bits per heavy atom. The summed E-state index contributed by atoms with van der Waals surface area (Å²) in [6.07, 6.45) is 3.48. The van der Waals surface area contributed by atoms with Crippen LogP contribution in [0.2, 0.25) is 0 Å². The molecule has 0 spiro atoms. The summed E-state index contributed by atoms with van der Waals surface area (Å²) in [6.45, 7) is 7.41. The van der Waals surface area contributed by atoms with Gasteiger partial charge in [0.05, 0.1) is 6.04 Å². The molecule has 0 aromatic heterocycles. The minimum absolute atomic E-state index is 0.0153. The smallest absolute Gasteiger partial charge is 0.241 e. The van der Waals surface area contributed by atoms with E-state index in [9.17, 15) is 4.79 Å². The lowest BCUT2D eigenvalue weighted by atomic mass is 10.0. The van der Waals surface area contributed by atoms with Gasteiger partial charge in [-0.2, -0.15) is 0 Å². The summed E-state index contributed by atoms with van der Waals surface area (Å²) >= 11 is 0. The zero-order valence-corrected chi connectivity index (χ0v) is 13.3. The van der Waals surface area contributed by atoms with E-state index in [2.05, 4.69) is 55.3 Å². The molecule has 1 aromatic carbocycles. The second kappa shape index (κ2) is 5.80. The van der Waals surface area contributed by atoms with Crippen LogP contribution in [0.4, 0.5) is 0 Å². The lowest BCUT2D eigenvalue weighted by molar-refractivity contribution is -0.130. The van der Waals surface area contributed by atoms with Crippen LogP contribution in [-0.2, 0) is 4.79 Å². The number of rotatable bonds is 5. The molecule has 2 fully saturated rings. The Balaban J connectivity index is 1.81. The van der Waals surface area contributed by atoms with Crippen LogP contribution in [0.25, 0.3) is 0 Å². The van der Waals surface area contributed by atoms with Gasteiger partial charge in [0.15, 0.2) is 0 Å². The summed E-state index contributed by atoms with van der Waals surface area (Å²) in [5, 5.41) is 3.51. The largest absolute Gasteiger partial charge is 0.321 e. The van der Waals surface area contributed by atoms with Crippen molar-refractivity contribution >= 4 is 5.91 Å². The number of carbonyl (C=O) groups is 1. The van der Waals surface area contributed by atoms with Crippen LogP contribution < -0.4 is 5.32 Å². The second-order valence-corrected chi connectivity index (χ2v) is 6.79. The monoisotopic (exact) mass is 286 g/mol. The predicted octanol–water partition coefficient (Wildman–Crippen LogP) is 3.43.